The molecule has 0 saturated carbocycles. The summed E-state index contributed by atoms with van der Waals surface area (Å²) >= 11 is 0. The van der Waals surface area contributed by atoms with Gasteiger partial charge >= 0.3 is 0 Å². The van der Waals surface area contributed by atoms with Crippen LogP contribution >= 0.6 is 0 Å². The summed E-state index contributed by atoms with van der Waals surface area (Å²) in [5.74, 6) is 0.560. The number of hydrogen-bond acceptors (Lipinski definition) is 4. The number of amides is 1. The van der Waals surface area contributed by atoms with Gasteiger partial charge in [-0.05, 0) is 25.5 Å². The second-order valence-corrected chi connectivity index (χ2v) is 5.74. The lowest BCUT2D eigenvalue weighted by Crippen LogP contribution is -2.13. The van der Waals surface area contributed by atoms with Crippen LogP contribution < -0.4 is 10.1 Å². The first kappa shape index (κ1) is 16.8. The van der Waals surface area contributed by atoms with Gasteiger partial charge in [-0.3, -0.25) is 10.1 Å². The largest absolute Gasteiger partial charge is 0.493 e. The van der Waals surface area contributed by atoms with Crippen LogP contribution in [0.5, 0.6) is 5.75 Å². The molecule has 0 bridgehead atoms. The van der Waals surface area contributed by atoms with Crippen molar-refractivity contribution < 1.29 is 14.1 Å². The summed E-state index contributed by atoms with van der Waals surface area (Å²) < 4.78 is 10.9. The van der Waals surface area contributed by atoms with Crippen molar-refractivity contribution in [3.8, 4) is 17.0 Å². The number of ether oxygens (including phenoxy) is 1. The van der Waals surface area contributed by atoms with Crippen LogP contribution in [0.1, 0.15) is 29.3 Å². The summed E-state index contributed by atoms with van der Waals surface area (Å²) in [4.78, 5) is 12.5. The van der Waals surface area contributed by atoms with E-state index in [1.54, 1.807) is 24.3 Å². The smallest absolute Gasteiger partial charge is 0.261 e. The van der Waals surface area contributed by atoms with Gasteiger partial charge in [-0.25, -0.2) is 0 Å². The summed E-state index contributed by atoms with van der Waals surface area (Å²) in [5, 5.41) is 6.74. The van der Waals surface area contributed by atoms with Gasteiger partial charge in [0.05, 0.1) is 12.2 Å². The van der Waals surface area contributed by atoms with Crippen LogP contribution in [0, 0.1) is 6.92 Å². The average Bonchev–Trinajstić information content (AvgIpc) is 3.09. The van der Waals surface area contributed by atoms with E-state index in [0.29, 0.717) is 29.5 Å². The summed E-state index contributed by atoms with van der Waals surface area (Å²) in [6.45, 7) is 4.60. The first-order valence-electron chi connectivity index (χ1n) is 8.24. The molecule has 0 atom stereocenters. The van der Waals surface area contributed by atoms with E-state index in [2.05, 4.69) is 10.5 Å². The minimum absolute atomic E-state index is 0.293. The van der Waals surface area contributed by atoms with Gasteiger partial charge in [0.2, 0.25) is 5.88 Å². The summed E-state index contributed by atoms with van der Waals surface area (Å²) in [5.41, 5.74) is 3.24. The molecule has 3 aromatic rings. The Labute approximate surface area is 146 Å². The molecule has 25 heavy (non-hydrogen) atoms. The van der Waals surface area contributed by atoms with E-state index in [0.717, 1.165) is 12.0 Å². The van der Waals surface area contributed by atoms with Crippen LogP contribution in [0.4, 0.5) is 5.88 Å². The first-order chi connectivity index (χ1) is 12.2. The molecule has 128 valence electrons. The monoisotopic (exact) mass is 336 g/mol. The van der Waals surface area contributed by atoms with Crippen LogP contribution in [0.3, 0.4) is 0 Å². The number of benzene rings is 2. The topological polar surface area (TPSA) is 64.4 Å². The lowest BCUT2D eigenvalue weighted by atomic mass is 10.1. The molecule has 1 heterocycles. The molecule has 0 aliphatic carbocycles. The highest BCUT2D eigenvalue weighted by Crippen LogP contribution is 2.24. The maximum atomic E-state index is 12.5. The molecule has 0 aliphatic rings. The Morgan fingerprint density at radius 2 is 1.92 bits per heavy atom. The van der Waals surface area contributed by atoms with Gasteiger partial charge in [0.1, 0.15) is 11.4 Å². The lowest BCUT2D eigenvalue weighted by Gasteiger charge is -2.09. The fourth-order valence-electron chi connectivity index (χ4n) is 2.37. The number of carbonyl (C=O) groups excluding carboxylic acids is 1. The fraction of sp³-hybridized carbons (Fsp3) is 0.200. The number of nitrogens with one attached hydrogen (secondary N) is 1. The Morgan fingerprint density at radius 3 is 2.68 bits per heavy atom. The predicted molar refractivity (Wildman–Crippen MR) is 96.9 cm³/mol. The standard InChI is InChI=1S/C20H20N2O3/c1-3-12-24-18-7-5-4-6-16(18)20(23)21-19-13-17(22-25-19)15-10-8-14(2)9-11-15/h4-11,13H,3,12H2,1-2H3,(H,21,23). The lowest BCUT2D eigenvalue weighted by molar-refractivity contribution is 0.102. The molecule has 3 rings (SSSR count). The van der Waals surface area contributed by atoms with E-state index in [9.17, 15) is 4.79 Å². The van der Waals surface area contributed by atoms with E-state index in [1.165, 1.54) is 5.56 Å². The van der Waals surface area contributed by atoms with Crippen LogP contribution in [0.15, 0.2) is 59.1 Å². The minimum Gasteiger partial charge on any atom is -0.493 e. The summed E-state index contributed by atoms with van der Waals surface area (Å²) in [7, 11) is 0. The Kier molecular flexibility index (Phi) is 5.14. The van der Waals surface area contributed by atoms with Crippen molar-refractivity contribution in [1.29, 1.82) is 0 Å². The van der Waals surface area contributed by atoms with Crippen LogP contribution in [0.2, 0.25) is 0 Å². The van der Waals surface area contributed by atoms with Gasteiger partial charge in [0, 0.05) is 11.6 Å². The number of nitrogens with zero attached hydrogens (tertiary/aromatic N) is 1. The van der Waals surface area contributed by atoms with E-state index < -0.39 is 0 Å². The van der Waals surface area contributed by atoms with Gasteiger partial charge in [-0.1, -0.05) is 54.0 Å². The van der Waals surface area contributed by atoms with Crippen molar-refractivity contribution in [1.82, 2.24) is 5.16 Å². The highest BCUT2D eigenvalue weighted by atomic mass is 16.5. The van der Waals surface area contributed by atoms with Crippen LogP contribution in [0.25, 0.3) is 11.3 Å². The zero-order valence-corrected chi connectivity index (χ0v) is 14.3. The van der Waals surface area contributed by atoms with Crippen molar-refractivity contribution in [3.63, 3.8) is 0 Å². The zero-order valence-electron chi connectivity index (χ0n) is 14.3. The molecule has 0 fully saturated rings. The van der Waals surface area contributed by atoms with Crippen LogP contribution in [-0.4, -0.2) is 17.7 Å². The van der Waals surface area contributed by atoms with Crippen molar-refractivity contribution in [2.45, 2.75) is 20.3 Å². The van der Waals surface area contributed by atoms with Gasteiger partial charge in [-0.15, -0.1) is 0 Å². The zero-order chi connectivity index (χ0) is 17.6. The third kappa shape index (κ3) is 4.07. The fourth-order valence-corrected chi connectivity index (χ4v) is 2.37. The predicted octanol–water partition coefficient (Wildman–Crippen LogP) is 4.69. The number of aryl methyl sites for hydroxylation is 1. The van der Waals surface area contributed by atoms with Crippen molar-refractivity contribution in [2.24, 2.45) is 0 Å². The minimum atomic E-state index is -0.293. The third-order valence-corrected chi connectivity index (χ3v) is 3.69. The SMILES string of the molecule is CCCOc1ccccc1C(=O)Nc1cc(-c2ccc(C)cc2)no1. The Bertz CT molecular complexity index is 853. The maximum Gasteiger partial charge on any atom is 0.261 e. The molecular weight excluding hydrogens is 316 g/mol. The third-order valence-electron chi connectivity index (χ3n) is 3.69. The Morgan fingerprint density at radius 1 is 1.16 bits per heavy atom. The van der Waals surface area contributed by atoms with Gasteiger partial charge < -0.3 is 9.26 Å². The molecule has 0 unspecified atom stereocenters. The second kappa shape index (κ2) is 7.66. The number of anilines is 1. The maximum absolute atomic E-state index is 12.5. The number of para-hydroxylation sites is 1. The average molecular weight is 336 g/mol. The second-order valence-electron chi connectivity index (χ2n) is 5.74. The molecule has 1 aromatic heterocycles. The Balaban J connectivity index is 1.75. The van der Waals surface area contributed by atoms with E-state index in [-0.39, 0.29) is 5.91 Å². The molecule has 0 radical (unpaired) electrons. The van der Waals surface area contributed by atoms with Crippen molar-refractivity contribution in [3.05, 3.63) is 65.7 Å². The molecule has 0 aliphatic heterocycles. The normalized spacial score (nSPS) is 10.5. The molecule has 0 spiro atoms. The number of carbonyl (C=O) groups is 1. The highest BCUT2D eigenvalue weighted by molar-refractivity contribution is 6.05. The van der Waals surface area contributed by atoms with E-state index in [1.807, 2.05) is 44.2 Å². The van der Waals surface area contributed by atoms with Gasteiger partial charge in [-0.2, -0.15) is 0 Å². The van der Waals surface area contributed by atoms with Gasteiger partial charge in [0.25, 0.3) is 5.91 Å². The van der Waals surface area contributed by atoms with Crippen molar-refractivity contribution >= 4 is 11.8 Å². The van der Waals surface area contributed by atoms with E-state index in [4.69, 9.17) is 9.26 Å². The molecule has 2 aromatic carbocycles. The quantitative estimate of drug-likeness (QED) is 0.709. The molecule has 1 amide bonds. The highest BCUT2D eigenvalue weighted by Gasteiger charge is 2.15. The molecule has 0 saturated heterocycles. The Hall–Kier alpha value is -3.08. The molecule has 5 nitrogen and oxygen atoms in total. The summed E-state index contributed by atoms with van der Waals surface area (Å²) in [6.07, 6.45) is 0.873. The molecule has 5 heteroatoms. The van der Waals surface area contributed by atoms with Gasteiger partial charge in [0.15, 0.2) is 0 Å². The number of aromatic nitrogens is 1. The van der Waals surface area contributed by atoms with E-state index >= 15 is 0 Å². The first-order valence-corrected chi connectivity index (χ1v) is 8.24. The number of hydrogen-bond donors (Lipinski definition) is 1. The number of rotatable bonds is 6. The van der Waals surface area contributed by atoms with Crippen LogP contribution in [-0.2, 0) is 0 Å². The summed E-state index contributed by atoms with van der Waals surface area (Å²) in [6, 6.07) is 16.8. The molecule has 1 N–H and O–H groups in total. The molecular formula is C20H20N2O3. The van der Waals surface area contributed by atoms with Crippen molar-refractivity contribution in [2.75, 3.05) is 11.9 Å².